The first-order chi connectivity index (χ1) is 21.3. The minimum absolute atomic E-state index is 0.0177. The second-order valence-electron chi connectivity index (χ2n) is 10.3. The van der Waals surface area contributed by atoms with Crippen LogP contribution in [0.15, 0.2) is 103 Å². The van der Waals surface area contributed by atoms with E-state index >= 15 is 0 Å². The molecule has 0 saturated carbocycles. The molecule has 0 amide bonds. The molecule has 7 heteroatoms. The fourth-order valence-corrected chi connectivity index (χ4v) is 5.28. The lowest BCUT2D eigenvalue weighted by molar-refractivity contribution is 0.0686. The van der Waals surface area contributed by atoms with E-state index in [1.807, 2.05) is 12.1 Å². The van der Waals surface area contributed by atoms with Crippen LogP contribution in [0.3, 0.4) is 0 Å². The van der Waals surface area contributed by atoms with Crippen molar-refractivity contribution >= 4 is 22.7 Å². The number of carboxylic acid groups (broad SMARTS) is 2. The molecule has 3 aromatic heterocycles. The summed E-state index contributed by atoms with van der Waals surface area (Å²) in [5.41, 5.74) is 7.54. The Labute approximate surface area is 253 Å². The second-order valence-corrected chi connectivity index (χ2v) is 10.3. The molecule has 0 aliphatic rings. The summed E-state index contributed by atoms with van der Waals surface area (Å²) >= 11 is 0. The van der Waals surface area contributed by atoms with Gasteiger partial charge in [0.15, 0.2) is 0 Å². The van der Waals surface area contributed by atoms with Crippen molar-refractivity contribution in [1.82, 2.24) is 15.0 Å². The fraction of sp³-hybridized carbons (Fsp3) is 0.0541. The van der Waals surface area contributed by atoms with Crippen LogP contribution >= 0.6 is 0 Å². The van der Waals surface area contributed by atoms with Crippen molar-refractivity contribution in [3.63, 3.8) is 0 Å². The Kier molecular flexibility index (Phi) is 7.40. The molecular weight excluding hydrogens is 550 g/mol. The third kappa shape index (κ3) is 5.52. The molecule has 3 aromatic carbocycles. The number of nitrogens with zero attached hydrogens (tertiary/aromatic N) is 3. The summed E-state index contributed by atoms with van der Waals surface area (Å²) < 4.78 is 0. The number of carbonyl (C=O) groups is 2. The largest absolute Gasteiger partial charge is 0.478 e. The van der Waals surface area contributed by atoms with E-state index in [9.17, 15) is 19.8 Å². The minimum atomic E-state index is -1.16. The number of benzene rings is 3. The highest BCUT2D eigenvalue weighted by atomic mass is 16.4. The molecule has 6 rings (SSSR count). The number of carboxylic acids is 2. The number of hydrogen-bond donors (Lipinski definition) is 2. The number of fused-ring (bicyclic) bond motifs is 1. The maximum absolute atomic E-state index is 11.9. The van der Waals surface area contributed by atoms with Crippen LogP contribution in [0.25, 0.3) is 44.7 Å². The van der Waals surface area contributed by atoms with Crippen molar-refractivity contribution in [3.8, 4) is 45.7 Å². The predicted octanol–water partition coefficient (Wildman–Crippen LogP) is 7.44. The highest BCUT2D eigenvalue weighted by Crippen LogP contribution is 2.34. The quantitative estimate of drug-likeness (QED) is 0.205. The lowest BCUT2D eigenvalue weighted by atomic mass is 9.90. The number of aromatic nitrogens is 3. The Morgan fingerprint density at radius 2 is 1.20 bits per heavy atom. The summed E-state index contributed by atoms with van der Waals surface area (Å²) in [6, 6.07) is 27.7. The predicted molar refractivity (Wildman–Crippen MR) is 169 cm³/mol. The third-order valence-electron chi connectivity index (χ3n) is 7.38. The van der Waals surface area contributed by atoms with Gasteiger partial charge in [-0.1, -0.05) is 60.4 Å². The SMILES string of the molecule is Cc1cccc(C)c1-c1cccc2c(C#Cc3ccnc(-c4cc(C(=O)O)cc(-c5cc(C(=O)O)ccn5)n4)c3)cccc12. The first kappa shape index (κ1) is 28.0. The van der Waals surface area contributed by atoms with Crippen LogP contribution in [-0.2, 0) is 0 Å². The van der Waals surface area contributed by atoms with Gasteiger partial charge in [-0.15, -0.1) is 0 Å². The number of rotatable bonds is 5. The smallest absolute Gasteiger partial charge is 0.335 e. The number of hydrogen-bond acceptors (Lipinski definition) is 5. The van der Waals surface area contributed by atoms with E-state index in [2.05, 4.69) is 83.1 Å². The van der Waals surface area contributed by atoms with Gasteiger partial charge in [-0.25, -0.2) is 14.6 Å². The molecule has 0 aliphatic heterocycles. The molecule has 0 aliphatic carbocycles. The van der Waals surface area contributed by atoms with Crippen molar-refractivity contribution in [3.05, 3.63) is 137 Å². The van der Waals surface area contributed by atoms with Crippen LogP contribution in [0.1, 0.15) is 43.0 Å². The summed E-state index contributed by atoms with van der Waals surface area (Å²) in [5.74, 6) is 4.28. The van der Waals surface area contributed by atoms with Crippen molar-refractivity contribution in [1.29, 1.82) is 0 Å². The molecule has 3 heterocycles. The van der Waals surface area contributed by atoms with E-state index in [1.165, 1.54) is 47.2 Å². The van der Waals surface area contributed by atoms with Gasteiger partial charge >= 0.3 is 11.9 Å². The van der Waals surface area contributed by atoms with E-state index in [0.717, 1.165) is 21.9 Å². The molecule has 6 aromatic rings. The number of aryl methyl sites for hydroxylation is 2. The lowest BCUT2D eigenvalue weighted by Crippen LogP contribution is -2.02. The lowest BCUT2D eigenvalue weighted by Gasteiger charge is -2.13. The summed E-state index contributed by atoms with van der Waals surface area (Å²) in [4.78, 5) is 36.6. The van der Waals surface area contributed by atoms with Gasteiger partial charge in [0.2, 0.25) is 0 Å². The van der Waals surface area contributed by atoms with Crippen molar-refractivity contribution in [2.45, 2.75) is 13.8 Å². The van der Waals surface area contributed by atoms with Crippen molar-refractivity contribution < 1.29 is 19.8 Å². The van der Waals surface area contributed by atoms with Gasteiger partial charge < -0.3 is 10.2 Å². The molecule has 0 radical (unpaired) electrons. The second kappa shape index (κ2) is 11.6. The zero-order valence-electron chi connectivity index (χ0n) is 23.9. The first-order valence-electron chi connectivity index (χ1n) is 13.8. The zero-order valence-corrected chi connectivity index (χ0v) is 23.9. The Morgan fingerprint density at radius 1 is 0.614 bits per heavy atom. The summed E-state index contributed by atoms with van der Waals surface area (Å²) in [5, 5.41) is 21.3. The standard InChI is InChI=1S/C37H25N3O4/c1-22-6-3-7-23(2)35(22)30-11-5-9-28-25(8-4-10-29(28)30)13-12-24-14-16-38-31(18-24)33-20-27(37(43)44)21-34(40-33)32-19-26(36(41)42)15-17-39-32/h3-11,14-21H,1-2H3,(H,41,42)(H,43,44). The molecule has 44 heavy (non-hydrogen) atoms. The van der Waals surface area contributed by atoms with Gasteiger partial charge in [0.1, 0.15) is 0 Å². The Balaban J connectivity index is 1.40. The molecule has 2 N–H and O–H groups in total. The molecule has 0 fully saturated rings. The van der Waals surface area contributed by atoms with Crippen LogP contribution in [0.5, 0.6) is 0 Å². The maximum Gasteiger partial charge on any atom is 0.335 e. The number of aromatic carboxylic acids is 2. The van der Waals surface area contributed by atoms with Gasteiger partial charge in [-0.2, -0.15) is 0 Å². The van der Waals surface area contributed by atoms with Gasteiger partial charge in [0.25, 0.3) is 0 Å². The van der Waals surface area contributed by atoms with Crippen LogP contribution < -0.4 is 0 Å². The van der Waals surface area contributed by atoms with E-state index in [1.54, 1.807) is 18.3 Å². The van der Waals surface area contributed by atoms with E-state index in [4.69, 9.17) is 0 Å². The normalized spacial score (nSPS) is 10.7. The van der Waals surface area contributed by atoms with Gasteiger partial charge in [-0.3, -0.25) is 9.97 Å². The third-order valence-corrected chi connectivity index (χ3v) is 7.38. The van der Waals surface area contributed by atoms with Crippen LogP contribution in [0.2, 0.25) is 0 Å². The van der Waals surface area contributed by atoms with Gasteiger partial charge in [0.05, 0.1) is 33.9 Å². The van der Waals surface area contributed by atoms with Crippen LogP contribution in [0.4, 0.5) is 0 Å². The van der Waals surface area contributed by atoms with Crippen molar-refractivity contribution in [2.75, 3.05) is 0 Å². The van der Waals surface area contributed by atoms with Crippen LogP contribution in [0, 0.1) is 25.7 Å². The molecule has 0 atom stereocenters. The fourth-order valence-electron chi connectivity index (χ4n) is 5.28. The van der Waals surface area contributed by atoms with Gasteiger partial charge in [0, 0.05) is 23.5 Å². The summed E-state index contributed by atoms with van der Waals surface area (Å²) in [6.45, 7) is 4.25. The molecule has 212 valence electrons. The van der Waals surface area contributed by atoms with E-state index < -0.39 is 11.9 Å². The van der Waals surface area contributed by atoms with E-state index in [-0.39, 0.29) is 22.5 Å². The maximum atomic E-state index is 11.9. The first-order valence-corrected chi connectivity index (χ1v) is 13.8. The molecule has 0 unspecified atom stereocenters. The highest BCUT2D eigenvalue weighted by Gasteiger charge is 2.15. The Morgan fingerprint density at radius 3 is 1.91 bits per heavy atom. The molecule has 0 spiro atoms. The summed E-state index contributed by atoms with van der Waals surface area (Å²) in [6.07, 6.45) is 2.94. The Bertz CT molecular complexity index is 2160. The molecule has 0 saturated heterocycles. The summed E-state index contributed by atoms with van der Waals surface area (Å²) in [7, 11) is 0. The minimum Gasteiger partial charge on any atom is -0.478 e. The monoisotopic (exact) mass is 575 g/mol. The average molecular weight is 576 g/mol. The number of pyridine rings is 3. The topological polar surface area (TPSA) is 113 Å². The zero-order chi connectivity index (χ0) is 30.8. The Hall–Kier alpha value is -6.13. The van der Waals surface area contributed by atoms with E-state index in [0.29, 0.717) is 17.0 Å². The average Bonchev–Trinajstić information content (AvgIpc) is 3.03. The highest BCUT2D eigenvalue weighted by molar-refractivity contribution is 6.00. The molecular formula is C37H25N3O4. The van der Waals surface area contributed by atoms with Crippen LogP contribution in [-0.4, -0.2) is 37.1 Å². The van der Waals surface area contributed by atoms with Gasteiger partial charge in [-0.05, 0) is 89.3 Å². The molecule has 7 nitrogen and oxygen atoms in total. The van der Waals surface area contributed by atoms with Crippen molar-refractivity contribution in [2.24, 2.45) is 0 Å². The molecule has 0 bridgehead atoms.